The van der Waals surface area contributed by atoms with E-state index in [-0.39, 0.29) is 18.4 Å². The van der Waals surface area contributed by atoms with Crippen molar-refractivity contribution in [3.05, 3.63) is 58.9 Å². The van der Waals surface area contributed by atoms with E-state index in [1.165, 1.54) is 0 Å². The van der Waals surface area contributed by atoms with Gasteiger partial charge in [0, 0.05) is 23.5 Å². The van der Waals surface area contributed by atoms with Crippen molar-refractivity contribution < 1.29 is 10.2 Å². The zero-order valence-electron chi connectivity index (χ0n) is 11.6. The molecule has 0 saturated heterocycles. The third-order valence-electron chi connectivity index (χ3n) is 3.24. The molecule has 0 unspecified atom stereocenters. The molecular weight excluding hydrogens is 252 g/mol. The molecule has 2 aromatic rings. The number of rotatable bonds is 4. The van der Waals surface area contributed by atoms with Crippen molar-refractivity contribution in [1.29, 1.82) is 0 Å². The molecule has 4 heteroatoms. The maximum atomic E-state index is 10.0. The molecule has 0 aliphatic carbocycles. The van der Waals surface area contributed by atoms with Gasteiger partial charge in [0.2, 0.25) is 0 Å². The normalized spacial score (nSPS) is 12.8. The van der Waals surface area contributed by atoms with Crippen LogP contribution < -0.4 is 0 Å². The quantitative estimate of drug-likeness (QED) is 0.839. The molecule has 1 aromatic carbocycles. The van der Waals surface area contributed by atoms with Crippen molar-refractivity contribution in [3.63, 3.8) is 0 Å². The van der Waals surface area contributed by atoms with E-state index in [0.29, 0.717) is 16.8 Å². The minimum atomic E-state index is -0.179. The van der Waals surface area contributed by atoms with E-state index in [1.54, 1.807) is 19.3 Å². The molecular formula is C16H18N2O2. The molecule has 0 radical (unpaired) electrons. The maximum Gasteiger partial charge on any atom is 0.145 e. The molecule has 4 nitrogen and oxygen atoms in total. The fraction of sp³-hybridized carbons (Fsp3) is 0.250. The second kappa shape index (κ2) is 6.30. The summed E-state index contributed by atoms with van der Waals surface area (Å²) < 4.78 is 0. The lowest BCUT2D eigenvalue weighted by Gasteiger charge is -2.09. The number of aliphatic imine (C=N–C) groups is 1. The number of pyridine rings is 1. The third-order valence-corrected chi connectivity index (χ3v) is 3.24. The average Bonchev–Trinajstić information content (AvgIpc) is 2.49. The molecule has 20 heavy (non-hydrogen) atoms. The highest BCUT2D eigenvalue weighted by molar-refractivity contribution is 5.85. The van der Waals surface area contributed by atoms with Crippen LogP contribution in [0.3, 0.4) is 0 Å². The fourth-order valence-electron chi connectivity index (χ4n) is 1.93. The smallest absolute Gasteiger partial charge is 0.145 e. The first kappa shape index (κ1) is 14.2. The minimum absolute atomic E-state index is 0.0179. The van der Waals surface area contributed by atoms with Crippen LogP contribution in [0.15, 0.2) is 41.5 Å². The summed E-state index contributed by atoms with van der Waals surface area (Å²) in [6, 6.07) is 9.89. The average molecular weight is 270 g/mol. The monoisotopic (exact) mass is 270 g/mol. The lowest BCUT2D eigenvalue weighted by atomic mass is 10.1. The van der Waals surface area contributed by atoms with Gasteiger partial charge >= 0.3 is 0 Å². The summed E-state index contributed by atoms with van der Waals surface area (Å²) in [6.45, 7) is 3.52. The van der Waals surface area contributed by atoms with Crippen LogP contribution in [0.25, 0.3) is 0 Å². The molecule has 0 aliphatic rings. The van der Waals surface area contributed by atoms with Crippen LogP contribution in [-0.4, -0.2) is 21.4 Å². The molecule has 1 atom stereocenters. The van der Waals surface area contributed by atoms with Gasteiger partial charge in [-0.15, -0.1) is 0 Å². The topological polar surface area (TPSA) is 65.7 Å². The second-order valence-corrected chi connectivity index (χ2v) is 4.65. The third kappa shape index (κ3) is 3.03. The molecule has 0 fully saturated rings. The maximum absolute atomic E-state index is 10.0. The van der Waals surface area contributed by atoms with Gasteiger partial charge in [0.25, 0.3) is 0 Å². The second-order valence-electron chi connectivity index (χ2n) is 4.65. The number of aryl methyl sites for hydroxylation is 1. The first-order chi connectivity index (χ1) is 9.63. The summed E-state index contributed by atoms with van der Waals surface area (Å²) >= 11 is 0. The van der Waals surface area contributed by atoms with Crippen molar-refractivity contribution in [2.24, 2.45) is 4.99 Å². The van der Waals surface area contributed by atoms with Crippen LogP contribution in [0.5, 0.6) is 5.75 Å². The van der Waals surface area contributed by atoms with Crippen LogP contribution in [-0.2, 0) is 6.61 Å². The zero-order chi connectivity index (χ0) is 14.5. The first-order valence-electron chi connectivity index (χ1n) is 6.50. The number of aromatic hydroxyl groups is 1. The molecule has 1 heterocycles. The molecule has 0 spiro atoms. The van der Waals surface area contributed by atoms with Crippen LogP contribution >= 0.6 is 0 Å². The Kier molecular flexibility index (Phi) is 4.48. The largest absolute Gasteiger partial charge is 0.505 e. The van der Waals surface area contributed by atoms with Gasteiger partial charge in [-0.05, 0) is 19.4 Å². The Morgan fingerprint density at radius 3 is 2.65 bits per heavy atom. The lowest BCUT2D eigenvalue weighted by molar-refractivity contribution is 0.280. The molecule has 0 aliphatic heterocycles. The SMILES string of the molecule is Cc1ncc(CO)c(C=N[C@@H](C)c2ccccc2)c1O. The lowest BCUT2D eigenvalue weighted by Crippen LogP contribution is -1.99. The van der Waals surface area contributed by atoms with Gasteiger partial charge in [0.15, 0.2) is 0 Å². The van der Waals surface area contributed by atoms with Gasteiger partial charge in [0.1, 0.15) is 5.75 Å². The highest BCUT2D eigenvalue weighted by Crippen LogP contribution is 2.23. The van der Waals surface area contributed by atoms with Crippen LogP contribution in [0, 0.1) is 6.92 Å². The summed E-state index contributed by atoms with van der Waals surface area (Å²) in [5, 5.41) is 19.3. The molecule has 2 N–H and O–H groups in total. The van der Waals surface area contributed by atoms with Crippen molar-refractivity contribution in [2.45, 2.75) is 26.5 Å². The summed E-state index contributed by atoms with van der Waals surface area (Å²) in [7, 11) is 0. The van der Waals surface area contributed by atoms with Crippen molar-refractivity contribution in [1.82, 2.24) is 4.98 Å². The Hall–Kier alpha value is -2.20. The number of hydrogen-bond donors (Lipinski definition) is 2. The molecule has 1 aromatic heterocycles. The number of hydrogen-bond acceptors (Lipinski definition) is 4. The van der Waals surface area contributed by atoms with E-state index in [0.717, 1.165) is 5.56 Å². The van der Waals surface area contributed by atoms with E-state index in [4.69, 9.17) is 0 Å². The summed E-state index contributed by atoms with van der Waals surface area (Å²) in [5.74, 6) is 0.0700. The zero-order valence-corrected chi connectivity index (χ0v) is 11.6. The summed E-state index contributed by atoms with van der Waals surface area (Å²) in [5.41, 5.74) is 2.72. The molecule has 0 amide bonds. The standard InChI is InChI=1S/C16H18N2O2/c1-11(13-6-4-3-5-7-13)18-9-15-14(10-19)8-17-12(2)16(15)20/h3-9,11,19-20H,10H2,1-2H3/t11-/m0/s1. The summed E-state index contributed by atoms with van der Waals surface area (Å²) in [6.07, 6.45) is 3.16. The predicted octanol–water partition coefficient (Wildman–Crippen LogP) is 2.77. The molecule has 0 saturated carbocycles. The van der Waals surface area contributed by atoms with Crippen molar-refractivity contribution in [3.8, 4) is 5.75 Å². The minimum Gasteiger partial charge on any atom is -0.505 e. The van der Waals surface area contributed by atoms with Crippen molar-refractivity contribution in [2.75, 3.05) is 0 Å². The number of nitrogens with zero attached hydrogens (tertiary/aromatic N) is 2. The van der Waals surface area contributed by atoms with E-state index < -0.39 is 0 Å². The van der Waals surface area contributed by atoms with Crippen LogP contribution in [0.2, 0.25) is 0 Å². The van der Waals surface area contributed by atoms with E-state index in [9.17, 15) is 10.2 Å². The number of benzene rings is 1. The van der Waals surface area contributed by atoms with Gasteiger partial charge < -0.3 is 10.2 Å². The van der Waals surface area contributed by atoms with Crippen molar-refractivity contribution >= 4 is 6.21 Å². The van der Waals surface area contributed by atoms with Gasteiger partial charge in [-0.25, -0.2) is 0 Å². The molecule has 104 valence electrons. The predicted molar refractivity (Wildman–Crippen MR) is 79.0 cm³/mol. The number of aromatic nitrogens is 1. The molecule has 2 rings (SSSR count). The Bertz CT molecular complexity index is 609. The Morgan fingerprint density at radius 2 is 2.00 bits per heavy atom. The Balaban J connectivity index is 2.30. The highest BCUT2D eigenvalue weighted by Gasteiger charge is 2.10. The highest BCUT2D eigenvalue weighted by atomic mass is 16.3. The van der Waals surface area contributed by atoms with Gasteiger partial charge in [-0.3, -0.25) is 9.98 Å². The first-order valence-corrected chi connectivity index (χ1v) is 6.50. The van der Waals surface area contributed by atoms with E-state index >= 15 is 0 Å². The van der Waals surface area contributed by atoms with Gasteiger partial charge in [0.05, 0.1) is 18.3 Å². The fourth-order valence-corrected chi connectivity index (χ4v) is 1.93. The Labute approximate surface area is 118 Å². The number of aliphatic hydroxyl groups is 1. The Morgan fingerprint density at radius 1 is 1.30 bits per heavy atom. The summed E-state index contributed by atoms with van der Waals surface area (Å²) in [4.78, 5) is 8.48. The van der Waals surface area contributed by atoms with Gasteiger partial charge in [-0.2, -0.15) is 0 Å². The van der Waals surface area contributed by atoms with Crippen LogP contribution in [0.4, 0.5) is 0 Å². The number of aliphatic hydroxyl groups excluding tert-OH is 1. The van der Waals surface area contributed by atoms with Gasteiger partial charge in [-0.1, -0.05) is 30.3 Å². The van der Waals surface area contributed by atoms with E-state index in [1.807, 2.05) is 37.3 Å². The van der Waals surface area contributed by atoms with Crippen LogP contribution in [0.1, 0.15) is 35.3 Å². The van der Waals surface area contributed by atoms with E-state index in [2.05, 4.69) is 9.98 Å². The molecule has 0 bridgehead atoms.